The highest BCUT2D eigenvalue weighted by molar-refractivity contribution is 9.10. The first-order valence-corrected chi connectivity index (χ1v) is 5.99. The second-order valence-corrected chi connectivity index (χ2v) is 4.56. The topological polar surface area (TPSA) is 35.2 Å². The molecule has 1 aromatic carbocycles. The van der Waals surface area contributed by atoms with E-state index in [-0.39, 0.29) is 6.04 Å². The average molecular weight is 282 g/mol. The van der Waals surface area contributed by atoms with Gasteiger partial charge in [-0.2, -0.15) is 0 Å². The van der Waals surface area contributed by atoms with Crippen LogP contribution in [-0.4, -0.2) is 12.6 Å². The van der Waals surface area contributed by atoms with Crippen LogP contribution in [0.4, 0.5) is 0 Å². The maximum Gasteiger partial charge on any atom is 0.149 e. The van der Waals surface area contributed by atoms with Gasteiger partial charge in [0.15, 0.2) is 0 Å². The minimum absolute atomic E-state index is 0.119. The van der Waals surface area contributed by atoms with E-state index in [1.54, 1.807) is 6.92 Å². The van der Waals surface area contributed by atoms with Crippen LogP contribution in [-0.2, 0) is 6.42 Å². The highest BCUT2D eigenvalue weighted by Gasteiger charge is 2.06. The Hall–Kier alpha value is -0.980. The van der Waals surface area contributed by atoms with Crippen molar-refractivity contribution in [3.05, 3.63) is 28.2 Å². The average Bonchev–Trinajstić information content (AvgIpc) is 2.20. The van der Waals surface area contributed by atoms with Crippen molar-refractivity contribution in [2.75, 3.05) is 6.61 Å². The number of rotatable bonds is 4. The van der Waals surface area contributed by atoms with Gasteiger partial charge in [-0.25, -0.2) is 0 Å². The predicted molar refractivity (Wildman–Crippen MR) is 70.4 cm³/mol. The molecule has 0 amide bonds. The van der Waals surface area contributed by atoms with Gasteiger partial charge in [-0.1, -0.05) is 21.9 Å². The maximum atomic E-state index is 5.80. The molecular formula is C13H16BrNO. The Labute approximate surface area is 105 Å². The Morgan fingerprint density at radius 1 is 1.50 bits per heavy atom. The van der Waals surface area contributed by atoms with Crippen LogP contribution in [0.5, 0.6) is 5.75 Å². The van der Waals surface area contributed by atoms with Crippen LogP contribution < -0.4 is 10.5 Å². The van der Waals surface area contributed by atoms with Crippen molar-refractivity contribution in [2.24, 2.45) is 5.73 Å². The normalized spacial score (nSPS) is 11.5. The van der Waals surface area contributed by atoms with Crippen molar-refractivity contribution in [1.29, 1.82) is 0 Å². The molecular weight excluding hydrogens is 266 g/mol. The molecule has 16 heavy (non-hydrogen) atoms. The SMILES string of the molecule is CC#CCOc1ccc(Br)cc1CC(C)N. The lowest BCUT2D eigenvalue weighted by Gasteiger charge is -2.12. The minimum Gasteiger partial charge on any atom is -0.481 e. The summed E-state index contributed by atoms with van der Waals surface area (Å²) in [6.07, 6.45) is 0.800. The number of benzene rings is 1. The fraction of sp³-hybridized carbons (Fsp3) is 0.385. The van der Waals surface area contributed by atoms with Gasteiger partial charge in [0.1, 0.15) is 12.4 Å². The summed E-state index contributed by atoms with van der Waals surface area (Å²) in [6, 6.07) is 6.06. The first-order chi connectivity index (χ1) is 7.63. The van der Waals surface area contributed by atoms with Crippen LogP contribution in [0.15, 0.2) is 22.7 Å². The lowest BCUT2D eigenvalue weighted by atomic mass is 10.1. The van der Waals surface area contributed by atoms with Crippen LogP contribution >= 0.6 is 15.9 Å². The maximum absolute atomic E-state index is 5.80. The van der Waals surface area contributed by atoms with E-state index in [0.29, 0.717) is 6.61 Å². The quantitative estimate of drug-likeness (QED) is 0.862. The zero-order valence-corrected chi connectivity index (χ0v) is 11.2. The van der Waals surface area contributed by atoms with Gasteiger partial charge in [0.25, 0.3) is 0 Å². The fourth-order valence-corrected chi connectivity index (χ4v) is 1.79. The molecule has 86 valence electrons. The molecule has 0 aliphatic rings. The predicted octanol–water partition coefficient (Wildman–Crippen LogP) is 2.74. The summed E-state index contributed by atoms with van der Waals surface area (Å²) >= 11 is 3.44. The second kappa shape index (κ2) is 6.57. The molecule has 3 heteroatoms. The van der Waals surface area contributed by atoms with E-state index in [4.69, 9.17) is 10.5 Å². The largest absolute Gasteiger partial charge is 0.481 e. The second-order valence-electron chi connectivity index (χ2n) is 3.65. The lowest BCUT2D eigenvalue weighted by molar-refractivity contribution is 0.365. The van der Waals surface area contributed by atoms with Crippen molar-refractivity contribution in [3.8, 4) is 17.6 Å². The Bertz CT molecular complexity index is 404. The standard InChI is InChI=1S/C13H16BrNO/c1-3-4-7-16-13-6-5-12(14)9-11(13)8-10(2)15/h5-6,9-10H,7-8,15H2,1-2H3. The van der Waals surface area contributed by atoms with Crippen LogP contribution in [0.3, 0.4) is 0 Å². The molecule has 0 saturated carbocycles. The molecule has 2 N–H and O–H groups in total. The fourth-order valence-electron chi connectivity index (χ4n) is 1.38. The molecule has 0 saturated heterocycles. The van der Waals surface area contributed by atoms with E-state index in [2.05, 4.69) is 27.8 Å². The summed E-state index contributed by atoms with van der Waals surface area (Å²) in [5.41, 5.74) is 6.91. The Kier molecular flexibility index (Phi) is 5.37. The molecule has 1 rings (SSSR count). The number of hydrogen-bond acceptors (Lipinski definition) is 2. The van der Waals surface area contributed by atoms with Gasteiger partial charge in [0.2, 0.25) is 0 Å². The van der Waals surface area contributed by atoms with Gasteiger partial charge in [0.05, 0.1) is 0 Å². The molecule has 0 spiro atoms. The Balaban J connectivity index is 2.83. The number of ether oxygens (including phenoxy) is 1. The van der Waals surface area contributed by atoms with Crippen LogP contribution in [0, 0.1) is 11.8 Å². The Morgan fingerprint density at radius 3 is 2.88 bits per heavy atom. The van der Waals surface area contributed by atoms with Crippen LogP contribution in [0.25, 0.3) is 0 Å². The third kappa shape index (κ3) is 4.26. The van der Waals surface area contributed by atoms with Gasteiger partial charge < -0.3 is 10.5 Å². The molecule has 1 unspecified atom stereocenters. The third-order valence-electron chi connectivity index (χ3n) is 2.04. The molecule has 1 aromatic rings. The van der Waals surface area contributed by atoms with Crippen molar-refractivity contribution in [1.82, 2.24) is 0 Å². The van der Waals surface area contributed by atoms with Crippen molar-refractivity contribution >= 4 is 15.9 Å². The molecule has 0 radical (unpaired) electrons. The molecule has 1 atom stereocenters. The first kappa shape index (κ1) is 13.1. The van der Waals surface area contributed by atoms with E-state index in [0.717, 1.165) is 22.2 Å². The summed E-state index contributed by atoms with van der Waals surface area (Å²) in [7, 11) is 0. The highest BCUT2D eigenvalue weighted by Crippen LogP contribution is 2.24. The van der Waals surface area contributed by atoms with E-state index >= 15 is 0 Å². The third-order valence-corrected chi connectivity index (χ3v) is 2.53. The van der Waals surface area contributed by atoms with Gasteiger partial charge >= 0.3 is 0 Å². The zero-order chi connectivity index (χ0) is 12.0. The summed E-state index contributed by atoms with van der Waals surface area (Å²) in [5, 5.41) is 0. The van der Waals surface area contributed by atoms with E-state index in [9.17, 15) is 0 Å². The van der Waals surface area contributed by atoms with Gasteiger partial charge in [-0.15, -0.1) is 5.92 Å². The summed E-state index contributed by atoms with van der Waals surface area (Å²) < 4.78 is 6.62. The summed E-state index contributed by atoms with van der Waals surface area (Å²) in [6.45, 7) is 4.20. The van der Waals surface area contributed by atoms with E-state index in [1.807, 2.05) is 25.1 Å². The molecule has 0 bridgehead atoms. The lowest BCUT2D eigenvalue weighted by Crippen LogP contribution is -2.18. The first-order valence-electron chi connectivity index (χ1n) is 5.20. The van der Waals surface area contributed by atoms with Gasteiger partial charge in [0, 0.05) is 10.5 Å². The number of nitrogens with two attached hydrogens (primary N) is 1. The summed E-state index contributed by atoms with van der Waals surface area (Å²) in [5.74, 6) is 6.54. The van der Waals surface area contributed by atoms with Crippen molar-refractivity contribution < 1.29 is 4.74 Å². The monoisotopic (exact) mass is 281 g/mol. The highest BCUT2D eigenvalue weighted by atomic mass is 79.9. The van der Waals surface area contributed by atoms with E-state index in [1.165, 1.54) is 0 Å². The minimum atomic E-state index is 0.119. The molecule has 0 heterocycles. The van der Waals surface area contributed by atoms with E-state index < -0.39 is 0 Å². The van der Waals surface area contributed by atoms with Gasteiger partial charge in [-0.05, 0) is 44.0 Å². The molecule has 0 aliphatic heterocycles. The molecule has 0 aliphatic carbocycles. The number of halogens is 1. The zero-order valence-electron chi connectivity index (χ0n) is 9.59. The van der Waals surface area contributed by atoms with Crippen molar-refractivity contribution in [3.63, 3.8) is 0 Å². The smallest absolute Gasteiger partial charge is 0.149 e. The van der Waals surface area contributed by atoms with Gasteiger partial charge in [-0.3, -0.25) is 0 Å². The Morgan fingerprint density at radius 2 is 2.25 bits per heavy atom. The summed E-state index contributed by atoms with van der Waals surface area (Å²) in [4.78, 5) is 0. The van der Waals surface area contributed by atoms with Crippen molar-refractivity contribution in [2.45, 2.75) is 26.3 Å². The molecule has 0 aromatic heterocycles. The molecule has 0 fully saturated rings. The number of hydrogen-bond donors (Lipinski definition) is 1. The van der Waals surface area contributed by atoms with Crippen LogP contribution in [0.2, 0.25) is 0 Å². The van der Waals surface area contributed by atoms with Crippen LogP contribution in [0.1, 0.15) is 19.4 Å². The molecule has 2 nitrogen and oxygen atoms in total.